The van der Waals surface area contributed by atoms with Crippen molar-refractivity contribution in [3.8, 4) is 11.3 Å². The molecule has 0 unspecified atom stereocenters. The molecule has 0 radical (unpaired) electrons. The molecule has 0 atom stereocenters. The van der Waals surface area contributed by atoms with E-state index in [0.29, 0.717) is 19.5 Å². The topological polar surface area (TPSA) is 73.2 Å². The van der Waals surface area contributed by atoms with E-state index in [1.165, 1.54) is 13.2 Å². The number of hydrogen-bond acceptors (Lipinski definition) is 4. The number of carbonyl (C=O) groups excluding carboxylic acids is 2. The predicted octanol–water partition coefficient (Wildman–Crippen LogP) is 3.68. The van der Waals surface area contributed by atoms with Gasteiger partial charge in [0.2, 0.25) is 5.91 Å². The van der Waals surface area contributed by atoms with Crippen LogP contribution in [0, 0.1) is 0 Å². The van der Waals surface area contributed by atoms with Gasteiger partial charge in [-0.05, 0) is 18.1 Å². The van der Waals surface area contributed by atoms with E-state index in [4.69, 9.17) is 5.10 Å². The monoisotopic (exact) mass is 403 g/mol. The van der Waals surface area contributed by atoms with Crippen LogP contribution in [0.15, 0.2) is 72.9 Å². The summed E-state index contributed by atoms with van der Waals surface area (Å²) in [5, 5.41) is 7.52. The van der Waals surface area contributed by atoms with Gasteiger partial charge in [-0.3, -0.25) is 14.3 Å². The minimum Gasteiger partial charge on any atom is -0.469 e. The highest BCUT2D eigenvalue weighted by Crippen LogP contribution is 2.23. The summed E-state index contributed by atoms with van der Waals surface area (Å²) < 4.78 is 6.47. The first-order valence-electron chi connectivity index (χ1n) is 9.85. The molecule has 0 aliphatic carbocycles. The molecule has 1 aromatic heterocycles. The largest absolute Gasteiger partial charge is 0.469 e. The van der Waals surface area contributed by atoms with Crippen molar-refractivity contribution in [3.05, 3.63) is 84.1 Å². The summed E-state index contributed by atoms with van der Waals surface area (Å²) in [4.78, 5) is 23.2. The van der Waals surface area contributed by atoms with E-state index in [1.54, 1.807) is 6.08 Å². The van der Waals surface area contributed by atoms with Crippen molar-refractivity contribution < 1.29 is 14.3 Å². The molecule has 6 nitrogen and oxygen atoms in total. The number of nitrogens with zero attached hydrogens (tertiary/aromatic N) is 2. The molecule has 1 N–H and O–H groups in total. The van der Waals surface area contributed by atoms with Gasteiger partial charge in [-0.15, -0.1) is 0 Å². The number of aromatic nitrogens is 2. The standard InChI is InChI=1S/C24H25N3O3/c1-30-23(29)13-8-16-25-22(28)15-14-21-18-27(17-19-9-4-2-5-10-19)26-24(21)20-11-6-3-7-12-20/h2-7,9-12,14-15,18H,8,13,16-17H2,1H3,(H,25,28)/b15-14+. The Balaban J connectivity index is 1.71. The van der Waals surface area contributed by atoms with E-state index < -0.39 is 0 Å². The zero-order valence-corrected chi connectivity index (χ0v) is 17.0. The van der Waals surface area contributed by atoms with Crippen molar-refractivity contribution in [1.82, 2.24) is 15.1 Å². The molecular formula is C24H25N3O3. The molecule has 154 valence electrons. The van der Waals surface area contributed by atoms with Crippen LogP contribution in [0.5, 0.6) is 0 Å². The Hall–Kier alpha value is -3.67. The van der Waals surface area contributed by atoms with Gasteiger partial charge >= 0.3 is 5.97 Å². The number of amides is 1. The number of hydrogen-bond donors (Lipinski definition) is 1. The lowest BCUT2D eigenvalue weighted by Gasteiger charge is -2.01. The minimum atomic E-state index is -0.280. The average molecular weight is 403 g/mol. The van der Waals surface area contributed by atoms with Crippen molar-refractivity contribution in [2.45, 2.75) is 19.4 Å². The maximum atomic E-state index is 12.1. The molecular weight excluding hydrogens is 378 g/mol. The molecule has 0 fully saturated rings. The molecule has 3 rings (SSSR count). The lowest BCUT2D eigenvalue weighted by molar-refractivity contribution is -0.140. The summed E-state index contributed by atoms with van der Waals surface area (Å²) >= 11 is 0. The van der Waals surface area contributed by atoms with E-state index in [2.05, 4.69) is 22.2 Å². The fraction of sp³-hybridized carbons (Fsp3) is 0.208. The second-order valence-electron chi connectivity index (χ2n) is 6.79. The maximum absolute atomic E-state index is 12.1. The fourth-order valence-corrected chi connectivity index (χ4v) is 3.00. The Labute approximate surface area is 176 Å². The molecule has 0 spiro atoms. The van der Waals surface area contributed by atoms with E-state index in [-0.39, 0.29) is 18.3 Å². The molecule has 2 aromatic carbocycles. The third-order valence-corrected chi connectivity index (χ3v) is 4.52. The van der Waals surface area contributed by atoms with E-state index in [9.17, 15) is 9.59 Å². The van der Waals surface area contributed by atoms with Crippen molar-refractivity contribution in [2.75, 3.05) is 13.7 Å². The van der Waals surface area contributed by atoms with Crippen LogP contribution in [0.3, 0.4) is 0 Å². The van der Waals surface area contributed by atoms with Crippen molar-refractivity contribution in [2.24, 2.45) is 0 Å². The molecule has 0 aliphatic rings. The minimum absolute atomic E-state index is 0.213. The van der Waals surface area contributed by atoms with Crippen LogP contribution in [0.4, 0.5) is 0 Å². The van der Waals surface area contributed by atoms with Crippen LogP contribution in [0.2, 0.25) is 0 Å². The molecule has 0 saturated carbocycles. The van der Waals surface area contributed by atoms with Crippen LogP contribution in [-0.2, 0) is 20.9 Å². The third-order valence-electron chi connectivity index (χ3n) is 4.52. The molecule has 3 aromatic rings. The van der Waals surface area contributed by atoms with Gasteiger partial charge in [0.1, 0.15) is 0 Å². The maximum Gasteiger partial charge on any atom is 0.305 e. The first-order valence-corrected chi connectivity index (χ1v) is 9.85. The number of nitrogens with one attached hydrogen (secondary N) is 1. The molecule has 1 heterocycles. The van der Waals surface area contributed by atoms with Crippen LogP contribution in [-0.4, -0.2) is 35.3 Å². The van der Waals surface area contributed by atoms with Crippen LogP contribution in [0.1, 0.15) is 24.0 Å². The summed E-state index contributed by atoms with van der Waals surface area (Å²) in [6, 6.07) is 20.0. The molecule has 0 aliphatic heterocycles. The summed E-state index contributed by atoms with van der Waals surface area (Å²) in [5.41, 5.74) is 3.82. The number of rotatable bonds is 9. The third kappa shape index (κ3) is 6.17. The summed E-state index contributed by atoms with van der Waals surface area (Å²) in [5.74, 6) is -0.493. The lowest BCUT2D eigenvalue weighted by Crippen LogP contribution is -2.22. The van der Waals surface area contributed by atoms with E-state index >= 15 is 0 Å². The van der Waals surface area contributed by atoms with Crippen molar-refractivity contribution >= 4 is 18.0 Å². The van der Waals surface area contributed by atoms with Gasteiger partial charge in [-0.2, -0.15) is 5.10 Å². The van der Waals surface area contributed by atoms with Gasteiger partial charge in [0.25, 0.3) is 0 Å². The Morgan fingerprint density at radius 1 is 1.07 bits per heavy atom. The highest BCUT2D eigenvalue weighted by atomic mass is 16.5. The zero-order valence-electron chi connectivity index (χ0n) is 17.0. The summed E-state index contributed by atoms with van der Waals surface area (Å²) in [7, 11) is 1.35. The van der Waals surface area contributed by atoms with Crippen molar-refractivity contribution in [3.63, 3.8) is 0 Å². The molecule has 1 amide bonds. The van der Waals surface area contributed by atoms with E-state index in [1.807, 2.05) is 59.4 Å². The van der Waals surface area contributed by atoms with Crippen LogP contribution >= 0.6 is 0 Å². The summed E-state index contributed by atoms with van der Waals surface area (Å²) in [6.45, 7) is 1.06. The zero-order chi connectivity index (χ0) is 21.2. The number of carbonyl (C=O) groups is 2. The number of ether oxygens (including phenoxy) is 1. The highest BCUT2D eigenvalue weighted by Gasteiger charge is 2.10. The normalized spacial score (nSPS) is 10.8. The van der Waals surface area contributed by atoms with Gasteiger partial charge in [0.05, 0.1) is 19.3 Å². The van der Waals surface area contributed by atoms with Gasteiger partial charge < -0.3 is 10.1 Å². The Morgan fingerprint density at radius 2 is 1.77 bits per heavy atom. The molecule has 0 bridgehead atoms. The smallest absolute Gasteiger partial charge is 0.305 e. The quantitative estimate of drug-likeness (QED) is 0.336. The summed E-state index contributed by atoms with van der Waals surface area (Å²) in [6.07, 6.45) is 6.03. The van der Waals surface area contributed by atoms with E-state index in [0.717, 1.165) is 22.4 Å². The predicted molar refractivity (Wildman–Crippen MR) is 117 cm³/mol. The second-order valence-corrected chi connectivity index (χ2v) is 6.79. The van der Waals surface area contributed by atoms with Gasteiger partial charge in [-0.1, -0.05) is 60.7 Å². The fourth-order valence-electron chi connectivity index (χ4n) is 3.00. The SMILES string of the molecule is COC(=O)CCCNC(=O)/C=C/c1cn(Cc2ccccc2)nc1-c1ccccc1. The second kappa shape index (κ2) is 10.8. The van der Waals surface area contributed by atoms with Gasteiger partial charge in [0.15, 0.2) is 0 Å². The Morgan fingerprint density at radius 3 is 2.47 bits per heavy atom. The molecule has 30 heavy (non-hydrogen) atoms. The first-order chi connectivity index (χ1) is 14.7. The highest BCUT2D eigenvalue weighted by molar-refractivity contribution is 5.92. The Bertz CT molecular complexity index is 995. The number of esters is 1. The average Bonchev–Trinajstić information content (AvgIpc) is 3.19. The van der Waals surface area contributed by atoms with Crippen LogP contribution in [0.25, 0.3) is 17.3 Å². The van der Waals surface area contributed by atoms with Gasteiger partial charge in [0, 0.05) is 36.4 Å². The lowest BCUT2D eigenvalue weighted by atomic mass is 10.1. The van der Waals surface area contributed by atoms with Gasteiger partial charge in [-0.25, -0.2) is 0 Å². The first kappa shape index (κ1) is 21.0. The van der Waals surface area contributed by atoms with Crippen LogP contribution < -0.4 is 5.32 Å². The van der Waals surface area contributed by atoms with Crippen molar-refractivity contribution in [1.29, 1.82) is 0 Å². The number of benzene rings is 2. The molecule has 6 heteroatoms. The Kier molecular flexibility index (Phi) is 7.55. The molecule has 0 saturated heterocycles. The number of methoxy groups -OCH3 is 1.